The number of nitrogens with two attached hydrogens (primary N) is 1. The van der Waals surface area contributed by atoms with E-state index in [9.17, 15) is 4.79 Å². The van der Waals surface area contributed by atoms with Gasteiger partial charge in [0.25, 0.3) is 0 Å². The number of amides is 1. The molecule has 1 aromatic rings. The average Bonchev–Trinajstić information content (AvgIpc) is 2.83. The number of benzene rings is 1. The fourth-order valence-corrected chi connectivity index (χ4v) is 3.09. The minimum atomic E-state index is -0.292. The first-order chi connectivity index (χ1) is 9.41. The van der Waals surface area contributed by atoms with Crippen molar-refractivity contribution >= 4 is 17.5 Å². The van der Waals surface area contributed by atoms with E-state index < -0.39 is 0 Å². The third-order valence-corrected chi connectivity index (χ3v) is 4.64. The van der Waals surface area contributed by atoms with Crippen LogP contribution in [0.15, 0.2) is 24.3 Å². The maximum absolute atomic E-state index is 12.4. The molecule has 0 aromatic heterocycles. The van der Waals surface area contributed by atoms with Crippen LogP contribution in [0, 0.1) is 0 Å². The average molecular weight is 295 g/mol. The van der Waals surface area contributed by atoms with Crippen molar-refractivity contribution in [1.29, 1.82) is 0 Å². The van der Waals surface area contributed by atoms with Crippen molar-refractivity contribution in [1.82, 2.24) is 4.90 Å². The molecule has 0 spiro atoms. The number of hydrogen-bond acceptors (Lipinski definition) is 2. The van der Waals surface area contributed by atoms with Crippen molar-refractivity contribution < 1.29 is 4.79 Å². The van der Waals surface area contributed by atoms with E-state index in [2.05, 4.69) is 0 Å². The number of rotatable bonds is 4. The number of halogens is 1. The Morgan fingerprint density at radius 3 is 2.70 bits per heavy atom. The normalized spacial score (nSPS) is 18.8. The number of hydrogen-bond donors (Lipinski definition) is 1. The highest BCUT2D eigenvalue weighted by atomic mass is 35.5. The van der Waals surface area contributed by atoms with E-state index in [-0.39, 0.29) is 17.5 Å². The smallest absolute Gasteiger partial charge is 0.224 e. The zero-order valence-electron chi connectivity index (χ0n) is 12.2. The molecule has 1 aliphatic carbocycles. The van der Waals surface area contributed by atoms with Gasteiger partial charge in [-0.3, -0.25) is 4.79 Å². The van der Waals surface area contributed by atoms with Gasteiger partial charge in [-0.25, -0.2) is 0 Å². The van der Waals surface area contributed by atoms with Crippen molar-refractivity contribution in [3.8, 4) is 0 Å². The first kappa shape index (κ1) is 15.3. The summed E-state index contributed by atoms with van der Waals surface area (Å²) in [6.45, 7) is 2.02. The molecule has 1 atom stereocenters. The fraction of sp³-hybridized carbons (Fsp3) is 0.562. The minimum absolute atomic E-state index is 0.00574. The van der Waals surface area contributed by atoms with Crippen LogP contribution in [0.25, 0.3) is 0 Å². The lowest BCUT2D eigenvalue weighted by atomic mass is 9.93. The van der Waals surface area contributed by atoms with Gasteiger partial charge in [0.15, 0.2) is 0 Å². The summed E-state index contributed by atoms with van der Waals surface area (Å²) in [5.74, 6) is 0.113. The van der Waals surface area contributed by atoms with Gasteiger partial charge in [0.2, 0.25) is 5.91 Å². The number of carbonyl (C=O) groups excluding carboxylic acids is 1. The fourth-order valence-electron chi connectivity index (χ4n) is 2.89. The Kier molecular flexibility index (Phi) is 4.71. The van der Waals surface area contributed by atoms with E-state index in [1.54, 1.807) is 4.90 Å². The molecule has 1 aromatic carbocycles. The molecular formula is C16H23ClN2O. The summed E-state index contributed by atoms with van der Waals surface area (Å²) in [5.41, 5.74) is 7.05. The monoisotopic (exact) mass is 294 g/mol. The first-order valence-electron chi connectivity index (χ1n) is 7.21. The van der Waals surface area contributed by atoms with Crippen LogP contribution in [-0.4, -0.2) is 23.4 Å². The molecule has 0 bridgehead atoms. The Morgan fingerprint density at radius 1 is 1.45 bits per heavy atom. The zero-order valence-corrected chi connectivity index (χ0v) is 13.0. The highest BCUT2D eigenvalue weighted by Crippen LogP contribution is 2.31. The van der Waals surface area contributed by atoms with Crippen LogP contribution in [0.2, 0.25) is 5.02 Å². The molecule has 0 radical (unpaired) electrons. The van der Waals surface area contributed by atoms with E-state index in [1.807, 2.05) is 38.2 Å². The predicted molar refractivity (Wildman–Crippen MR) is 82.6 cm³/mol. The van der Waals surface area contributed by atoms with Gasteiger partial charge in [-0.05, 0) is 37.5 Å². The van der Waals surface area contributed by atoms with Crippen molar-refractivity contribution in [3.63, 3.8) is 0 Å². The molecule has 110 valence electrons. The summed E-state index contributed by atoms with van der Waals surface area (Å²) in [6, 6.07) is 7.66. The van der Waals surface area contributed by atoms with Gasteiger partial charge in [0.05, 0.1) is 6.04 Å². The lowest BCUT2D eigenvalue weighted by Crippen LogP contribution is -2.43. The molecule has 1 fully saturated rings. The minimum Gasteiger partial charge on any atom is -0.339 e. The first-order valence-corrected chi connectivity index (χ1v) is 7.59. The van der Waals surface area contributed by atoms with Crippen LogP contribution in [0.1, 0.15) is 50.6 Å². The highest BCUT2D eigenvalue weighted by molar-refractivity contribution is 6.30. The topological polar surface area (TPSA) is 46.3 Å². The van der Waals surface area contributed by atoms with Gasteiger partial charge in [0.1, 0.15) is 0 Å². The zero-order chi connectivity index (χ0) is 14.8. The van der Waals surface area contributed by atoms with Crippen LogP contribution in [-0.2, 0) is 4.79 Å². The van der Waals surface area contributed by atoms with E-state index in [0.717, 1.165) is 31.2 Å². The van der Waals surface area contributed by atoms with E-state index in [0.29, 0.717) is 11.4 Å². The third kappa shape index (κ3) is 3.53. The molecule has 0 heterocycles. The lowest BCUT2D eigenvalue weighted by molar-refractivity contribution is -0.133. The summed E-state index contributed by atoms with van der Waals surface area (Å²) >= 11 is 6.01. The SMILES string of the molecule is CC(c1cccc(Cl)c1)N(C)C(=O)CC1(N)CCCC1. The molecular weight excluding hydrogens is 272 g/mol. The maximum Gasteiger partial charge on any atom is 0.224 e. The summed E-state index contributed by atoms with van der Waals surface area (Å²) < 4.78 is 0. The molecule has 0 saturated heterocycles. The molecule has 20 heavy (non-hydrogen) atoms. The van der Waals surface area contributed by atoms with Crippen LogP contribution < -0.4 is 5.73 Å². The molecule has 2 rings (SSSR count). The maximum atomic E-state index is 12.4. The second kappa shape index (κ2) is 6.15. The standard InChI is InChI=1S/C16H23ClN2O/c1-12(13-6-5-7-14(17)10-13)19(2)15(20)11-16(18)8-3-4-9-16/h5-7,10,12H,3-4,8-9,11,18H2,1-2H3. The van der Waals surface area contributed by atoms with Crippen LogP contribution in [0.5, 0.6) is 0 Å². The van der Waals surface area contributed by atoms with Crippen molar-refractivity contribution in [3.05, 3.63) is 34.9 Å². The second-order valence-electron chi connectivity index (χ2n) is 5.98. The van der Waals surface area contributed by atoms with Crippen LogP contribution in [0.4, 0.5) is 0 Å². The van der Waals surface area contributed by atoms with Gasteiger partial charge in [-0.1, -0.05) is 36.6 Å². The summed E-state index contributed by atoms with van der Waals surface area (Å²) in [4.78, 5) is 14.2. The van der Waals surface area contributed by atoms with Gasteiger partial charge in [0, 0.05) is 24.0 Å². The van der Waals surface area contributed by atoms with Crippen LogP contribution in [0.3, 0.4) is 0 Å². The Labute approximate surface area is 126 Å². The molecule has 1 unspecified atom stereocenters. The second-order valence-corrected chi connectivity index (χ2v) is 6.42. The molecule has 1 amide bonds. The molecule has 2 N–H and O–H groups in total. The molecule has 1 aliphatic rings. The molecule has 3 nitrogen and oxygen atoms in total. The predicted octanol–water partition coefficient (Wildman–Crippen LogP) is 3.52. The van der Waals surface area contributed by atoms with Crippen molar-refractivity contribution in [2.24, 2.45) is 5.73 Å². The summed E-state index contributed by atoms with van der Waals surface area (Å²) in [6.07, 6.45) is 4.62. The van der Waals surface area contributed by atoms with Gasteiger partial charge >= 0.3 is 0 Å². The van der Waals surface area contributed by atoms with Crippen LogP contribution >= 0.6 is 11.6 Å². The summed E-state index contributed by atoms with van der Waals surface area (Å²) in [5, 5.41) is 0.696. The Balaban J connectivity index is 2.02. The van der Waals surface area contributed by atoms with Crippen molar-refractivity contribution in [2.45, 2.75) is 50.6 Å². The molecule has 1 saturated carbocycles. The molecule has 4 heteroatoms. The lowest BCUT2D eigenvalue weighted by Gasteiger charge is -2.30. The quantitative estimate of drug-likeness (QED) is 0.923. The Hall–Kier alpha value is -1.06. The Bertz CT molecular complexity index is 483. The van der Waals surface area contributed by atoms with Gasteiger partial charge in [-0.2, -0.15) is 0 Å². The number of nitrogens with zero attached hydrogens (tertiary/aromatic N) is 1. The summed E-state index contributed by atoms with van der Waals surface area (Å²) in [7, 11) is 1.84. The number of carbonyl (C=O) groups is 1. The van der Waals surface area contributed by atoms with E-state index >= 15 is 0 Å². The van der Waals surface area contributed by atoms with E-state index in [4.69, 9.17) is 17.3 Å². The van der Waals surface area contributed by atoms with Gasteiger partial charge in [-0.15, -0.1) is 0 Å². The molecule has 0 aliphatic heterocycles. The van der Waals surface area contributed by atoms with Gasteiger partial charge < -0.3 is 10.6 Å². The van der Waals surface area contributed by atoms with Crippen molar-refractivity contribution in [2.75, 3.05) is 7.05 Å². The Morgan fingerprint density at radius 2 is 2.10 bits per heavy atom. The van der Waals surface area contributed by atoms with E-state index in [1.165, 1.54) is 0 Å². The largest absolute Gasteiger partial charge is 0.339 e. The third-order valence-electron chi connectivity index (χ3n) is 4.41. The highest BCUT2D eigenvalue weighted by Gasteiger charge is 2.33.